The molecule has 0 radical (unpaired) electrons. The molecule has 0 aliphatic carbocycles. The molecule has 0 saturated heterocycles. The van der Waals surface area contributed by atoms with Crippen molar-refractivity contribution in [1.29, 1.82) is 0 Å². The molecule has 6 nitrogen and oxygen atoms in total. The molecule has 160 valence electrons. The molecular formula is C25H22N4O2S. The second-order valence-electron chi connectivity index (χ2n) is 7.44. The minimum absolute atomic E-state index is 0.122. The van der Waals surface area contributed by atoms with Gasteiger partial charge in [0.1, 0.15) is 12.4 Å². The van der Waals surface area contributed by atoms with Gasteiger partial charge in [-0.05, 0) is 60.4 Å². The molecular weight excluding hydrogens is 420 g/mol. The van der Waals surface area contributed by atoms with Crippen LogP contribution in [-0.4, -0.2) is 35.3 Å². The van der Waals surface area contributed by atoms with E-state index in [2.05, 4.69) is 32.3 Å². The van der Waals surface area contributed by atoms with Gasteiger partial charge in [-0.2, -0.15) is 0 Å². The Balaban J connectivity index is 1.34. The van der Waals surface area contributed by atoms with Crippen LogP contribution >= 0.6 is 11.8 Å². The highest BCUT2D eigenvalue weighted by molar-refractivity contribution is 7.98. The smallest absolute Gasteiger partial charge is 0.251 e. The van der Waals surface area contributed by atoms with Crippen LogP contribution in [0.2, 0.25) is 0 Å². The number of hydrogen-bond donors (Lipinski definition) is 1. The Bertz CT molecular complexity index is 1280. The minimum atomic E-state index is -0.122. The number of nitrogens with zero attached hydrogens (tertiary/aromatic N) is 3. The van der Waals surface area contributed by atoms with E-state index >= 15 is 0 Å². The van der Waals surface area contributed by atoms with Crippen LogP contribution < -0.4 is 15.0 Å². The number of hydrogen-bond acceptors (Lipinski definition) is 6. The second-order valence-corrected chi connectivity index (χ2v) is 8.32. The van der Waals surface area contributed by atoms with Gasteiger partial charge in [-0.15, -0.1) is 11.8 Å². The molecule has 0 atom stereocenters. The Morgan fingerprint density at radius 2 is 1.84 bits per heavy atom. The number of amides is 1. The molecule has 1 aliphatic rings. The summed E-state index contributed by atoms with van der Waals surface area (Å²) >= 11 is 1.70. The van der Waals surface area contributed by atoms with Gasteiger partial charge >= 0.3 is 0 Å². The topological polar surface area (TPSA) is 67.3 Å². The van der Waals surface area contributed by atoms with Crippen molar-refractivity contribution in [2.75, 3.05) is 24.3 Å². The zero-order chi connectivity index (χ0) is 21.9. The Morgan fingerprint density at radius 1 is 1.03 bits per heavy atom. The lowest BCUT2D eigenvalue weighted by Gasteiger charge is -2.31. The predicted molar refractivity (Wildman–Crippen MR) is 128 cm³/mol. The summed E-state index contributed by atoms with van der Waals surface area (Å²) in [5.74, 6) is 0.580. The molecule has 0 saturated carbocycles. The molecule has 1 aliphatic heterocycles. The Hall–Kier alpha value is -3.58. The van der Waals surface area contributed by atoms with Crippen LogP contribution in [-0.2, 0) is 6.54 Å². The van der Waals surface area contributed by atoms with Crippen molar-refractivity contribution in [1.82, 2.24) is 15.3 Å². The standard InChI is InChI=1S/C25H22N4O2S/c1-32-20-6-2-17(3-7-20)16-28-25(30)18-4-9-23-24(14-18)31-13-12-29(23)19-5-8-21-22(15-19)27-11-10-26-21/h2-11,14-15H,12-13,16H2,1H3,(H,28,30). The van der Waals surface area contributed by atoms with Crippen molar-refractivity contribution in [3.8, 4) is 5.75 Å². The van der Waals surface area contributed by atoms with E-state index in [4.69, 9.17) is 4.74 Å². The van der Waals surface area contributed by atoms with Gasteiger partial charge < -0.3 is 15.0 Å². The monoisotopic (exact) mass is 442 g/mol. The number of fused-ring (bicyclic) bond motifs is 2. The number of aromatic nitrogens is 2. The summed E-state index contributed by atoms with van der Waals surface area (Å²) in [4.78, 5) is 24.9. The number of anilines is 2. The second kappa shape index (κ2) is 8.88. The lowest BCUT2D eigenvalue weighted by atomic mass is 10.1. The third kappa shape index (κ3) is 4.11. The van der Waals surface area contributed by atoms with Crippen LogP contribution in [0, 0.1) is 0 Å². The molecule has 7 heteroatoms. The van der Waals surface area contributed by atoms with Crippen molar-refractivity contribution in [2.24, 2.45) is 0 Å². The van der Waals surface area contributed by atoms with Gasteiger partial charge in [0, 0.05) is 35.1 Å². The zero-order valence-corrected chi connectivity index (χ0v) is 18.4. The van der Waals surface area contributed by atoms with Crippen LogP contribution in [0.4, 0.5) is 11.4 Å². The number of benzene rings is 3. The highest BCUT2D eigenvalue weighted by Gasteiger charge is 2.21. The first kappa shape index (κ1) is 20.3. The fourth-order valence-electron chi connectivity index (χ4n) is 3.78. The average molecular weight is 443 g/mol. The minimum Gasteiger partial charge on any atom is -0.490 e. The van der Waals surface area contributed by atoms with Crippen molar-refractivity contribution in [3.05, 3.63) is 84.2 Å². The number of carbonyl (C=O) groups excluding carboxylic acids is 1. The Labute approximate surface area is 190 Å². The van der Waals surface area contributed by atoms with Gasteiger partial charge in [-0.1, -0.05) is 12.1 Å². The van der Waals surface area contributed by atoms with Gasteiger partial charge in [0.15, 0.2) is 0 Å². The molecule has 2 heterocycles. The fraction of sp³-hybridized carbons (Fsp3) is 0.160. The summed E-state index contributed by atoms with van der Waals surface area (Å²) in [6.45, 7) is 1.74. The maximum Gasteiger partial charge on any atom is 0.251 e. The molecule has 32 heavy (non-hydrogen) atoms. The molecule has 0 spiro atoms. The number of rotatable bonds is 5. The quantitative estimate of drug-likeness (QED) is 0.447. The molecule has 0 fully saturated rings. The van der Waals surface area contributed by atoms with E-state index in [9.17, 15) is 4.79 Å². The summed E-state index contributed by atoms with van der Waals surface area (Å²) in [6.07, 6.45) is 5.43. The fourth-order valence-corrected chi connectivity index (χ4v) is 4.19. The molecule has 1 aromatic heterocycles. The first-order chi connectivity index (χ1) is 15.7. The summed E-state index contributed by atoms with van der Waals surface area (Å²) in [6, 6.07) is 19.8. The van der Waals surface area contributed by atoms with Crippen LogP contribution in [0.25, 0.3) is 11.0 Å². The van der Waals surface area contributed by atoms with E-state index < -0.39 is 0 Å². The van der Waals surface area contributed by atoms with Crippen molar-refractivity contribution in [3.63, 3.8) is 0 Å². The number of carbonyl (C=O) groups is 1. The van der Waals surface area contributed by atoms with E-state index in [-0.39, 0.29) is 5.91 Å². The summed E-state index contributed by atoms with van der Waals surface area (Å²) < 4.78 is 5.89. The molecule has 3 aromatic carbocycles. The predicted octanol–water partition coefficient (Wildman–Crippen LogP) is 4.81. The number of ether oxygens (including phenoxy) is 1. The average Bonchev–Trinajstić information content (AvgIpc) is 2.86. The SMILES string of the molecule is CSc1ccc(CNC(=O)c2ccc3c(c2)OCCN3c2ccc3nccnc3c2)cc1. The molecule has 1 amide bonds. The summed E-state index contributed by atoms with van der Waals surface area (Å²) in [5.41, 5.74) is 5.31. The number of nitrogens with one attached hydrogen (secondary N) is 1. The van der Waals surface area contributed by atoms with Gasteiger partial charge in [0.25, 0.3) is 5.91 Å². The van der Waals surface area contributed by atoms with E-state index in [0.717, 1.165) is 34.5 Å². The van der Waals surface area contributed by atoms with Gasteiger partial charge in [-0.3, -0.25) is 14.8 Å². The van der Waals surface area contributed by atoms with Gasteiger partial charge in [0.05, 0.1) is 23.3 Å². The first-order valence-electron chi connectivity index (χ1n) is 10.4. The first-order valence-corrected chi connectivity index (χ1v) is 11.6. The number of thioether (sulfide) groups is 1. The molecule has 1 N–H and O–H groups in total. The third-order valence-corrected chi connectivity index (χ3v) is 6.21. The van der Waals surface area contributed by atoms with Crippen LogP contribution in [0.5, 0.6) is 5.75 Å². The largest absolute Gasteiger partial charge is 0.490 e. The maximum atomic E-state index is 12.7. The van der Waals surface area contributed by atoms with Gasteiger partial charge in [-0.25, -0.2) is 0 Å². The normalized spacial score (nSPS) is 12.8. The van der Waals surface area contributed by atoms with Crippen molar-refractivity contribution >= 4 is 40.1 Å². The van der Waals surface area contributed by atoms with E-state index in [1.807, 2.05) is 54.8 Å². The summed E-state index contributed by atoms with van der Waals surface area (Å²) in [5, 5.41) is 2.99. The van der Waals surface area contributed by atoms with Crippen molar-refractivity contribution < 1.29 is 9.53 Å². The highest BCUT2D eigenvalue weighted by Crippen LogP contribution is 2.37. The van der Waals surface area contributed by atoms with Gasteiger partial charge in [0.2, 0.25) is 0 Å². The Morgan fingerprint density at radius 3 is 2.66 bits per heavy atom. The lowest BCUT2D eigenvalue weighted by Crippen LogP contribution is -2.29. The maximum absolute atomic E-state index is 12.7. The third-order valence-electron chi connectivity index (χ3n) is 5.46. The van der Waals surface area contributed by atoms with Crippen LogP contribution in [0.15, 0.2) is 78.0 Å². The zero-order valence-electron chi connectivity index (χ0n) is 17.6. The molecule has 5 rings (SSSR count). The van der Waals surface area contributed by atoms with Crippen molar-refractivity contribution in [2.45, 2.75) is 11.4 Å². The highest BCUT2D eigenvalue weighted by atomic mass is 32.2. The molecule has 0 unspecified atom stereocenters. The summed E-state index contributed by atoms with van der Waals surface area (Å²) in [7, 11) is 0. The van der Waals surface area contributed by atoms with E-state index in [1.165, 1.54) is 4.90 Å². The van der Waals surface area contributed by atoms with Crippen LogP contribution in [0.3, 0.4) is 0 Å². The van der Waals surface area contributed by atoms with E-state index in [1.54, 1.807) is 24.2 Å². The Kier molecular flexibility index (Phi) is 5.64. The van der Waals surface area contributed by atoms with E-state index in [0.29, 0.717) is 24.5 Å². The molecule has 0 bridgehead atoms. The van der Waals surface area contributed by atoms with Crippen LogP contribution in [0.1, 0.15) is 15.9 Å². The lowest BCUT2D eigenvalue weighted by molar-refractivity contribution is 0.0950. The molecule has 4 aromatic rings.